The fraction of sp³-hybridized carbons (Fsp3) is 0.235. The highest BCUT2D eigenvalue weighted by Crippen LogP contribution is 2.29. The highest BCUT2D eigenvalue weighted by molar-refractivity contribution is 5.91. The van der Waals surface area contributed by atoms with Gasteiger partial charge in [0.05, 0.1) is 18.8 Å². The molecule has 0 unspecified atom stereocenters. The van der Waals surface area contributed by atoms with Gasteiger partial charge in [0.2, 0.25) is 0 Å². The first kappa shape index (κ1) is 13.6. The average Bonchev–Trinajstić information content (AvgIpc) is 3.30. The van der Waals surface area contributed by atoms with Crippen LogP contribution in [0.15, 0.2) is 42.5 Å². The molecule has 0 N–H and O–H groups in total. The summed E-state index contributed by atoms with van der Waals surface area (Å²) in [7, 11) is 1.27. The van der Waals surface area contributed by atoms with E-state index in [9.17, 15) is 9.18 Å². The summed E-state index contributed by atoms with van der Waals surface area (Å²) >= 11 is 0. The lowest BCUT2D eigenvalue weighted by molar-refractivity contribution is 0.0600. The van der Waals surface area contributed by atoms with Crippen molar-refractivity contribution in [1.29, 1.82) is 0 Å². The molecule has 2 aromatic carbocycles. The van der Waals surface area contributed by atoms with Crippen LogP contribution in [0.25, 0.3) is 11.1 Å². The Hall–Kier alpha value is -2.36. The number of benzene rings is 2. The van der Waals surface area contributed by atoms with Crippen molar-refractivity contribution in [1.82, 2.24) is 0 Å². The molecule has 0 aromatic heterocycles. The summed E-state index contributed by atoms with van der Waals surface area (Å²) in [4.78, 5) is 11.5. The van der Waals surface area contributed by atoms with Gasteiger partial charge in [-0.1, -0.05) is 12.1 Å². The van der Waals surface area contributed by atoms with Crippen LogP contribution >= 0.6 is 0 Å². The van der Waals surface area contributed by atoms with Crippen molar-refractivity contribution in [2.24, 2.45) is 0 Å². The van der Waals surface area contributed by atoms with Crippen molar-refractivity contribution in [3.05, 3.63) is 53.8 Å². The second-order valence-electron chi connectivity index (χ2n) is 5.06. The van der Waals surface area contributed by atoms with E-state index in [2.05, 4.69) is 4.74 Å². The van der Waals surface area contributed by atoms with Gasteiger partial charge in [-0.3, -0.25) is 0 Å². The molecule has 1 aliphatic rings. The summed E-state index contributed by atoms with van der Waals surface area (Å²) in [6, 6.07) is 11.6. The monoisotopic (exact) mass is 286 g/mol. The summed E-state index contributed by atoms with van der Waals surface area (Å²) in [6.45, 7) is 0. The van der Waals surface area contributed by atoms with Crippen LogP contribution in [0.2, 0.25) is 0 Å². The first-order chi connectivity index (χ1) is 10.2. The Morgan fingerprint density at radius 1 is 1.10 bits per heavy atom. The first-order valence-electron chi connectivity index (χ1n) is 6.82. The number of hydrogen-bond acceptors (Lipinski definition) is 3. The van der Waals surface area contributed by atoms with E-state index in [0.717, 1.165) is 24.2 Å². The molecule has 0 bridgehead atoms. The summed E-state index contributed by atoms with van der Waals surface area (Å²) in [5.41, 5.74) is 1.65. The van der Waals surface area contributed by atoms with E-state index >= 15 is 0 Å². The third-order valence-corrected chi connectivity index (χ3v) is 3.33. The largest absolute Gasteiger partial charge is 0.490 e. The van der Waals surface area contributed by atoms with Gasteiger partial charge in [-0.15, -0.1) is 0 Å². The molecule has 21 heavy (non-hydrogen) atoms. The quantitative estimate of drug-likeness (QED) is 0.801. The number of ether oxygens (including phenoxy) is 2. The van der Waals surface area contributed by atoms with Gasteiger partial charge in [-0.05, 0) is 54.3 Å². The highest BCUT2D eigenvalue weighted by atomic mass is 19.1. The third kappa shape index (κ3) is 3.21. The normalized spacial score (nSPS) is 13.8. The summed E-state index contributed by atoms with van der Waals surface area (Å²) in [5.74, 6) is -0.207. The minimum absolute atomic E-state index is 0.200. The lowest BCUT2D eigenvalue weighted by atomic mass is 10.0. The summed E-state index contributed by atoms with van der Waals surface area (Å²) < 4.78 is 23.9. The molecule has 2 aromatic rings. The number of halogens is 1. The van der Waals surface area contributed by atoms with Crippen molar-refractivity contribution in [3.8, 4) is 16.9 Å². The number of hydrogen-bond donors (Lipinski definition) is 0. The predicted octanol–water partition coefficient (Wildman–Crippen LogP) is 3.82. The molecule has 0 radical (unpaired) electrons. The van der Waals surface area contributed by atoms with Crippen molar-refractivity contribution < 1.29 is 18.7 Å². The molecule has 1 fully saturated rings. The Labute approximate surface area is 122 Å². The van der Waals surface area contributed by atoms with E-state index in [1.54, 1.807) is 6.07 Å². The number of esters is 1. The van der Waals surface area contributed by atoms with Crippen LogP contribution < -0.4 is 4.74 Å². The molecule has 0 heterocycles. The zero-order valence-electron chi connectivity index (χ0n) is 11.6. The van der Waals surface area contributed by atoms with Gasteiger partial charge in [0.1, 0.15) is 11.6 Å². The Morgan fingerprint density at radius 3 is 2.43 bits per heavy atom. The van der Waals surface area contributed by atoms with Gasteiger partial charge in [0.25, 0.3) is 0 Å². The van der Waals surface area contributed by atoms with E-state index in [1.807, 2.05) is 24.3 Å². The molecule has 3 rings (SSSR count). The number of rotatable bonds is 4. The molecule has 0 aliphatic heterocycles. The molecule has 1 aliphatic carbocycles. The zero-order valence-corrected chi connectivity index (χ0v) is 11.6. The van der Waals surface area contributed by atoms with Crippen molar-refractivity contribution >= 4 is 5.97 Å². The average molecular weight is 286 g/mol. The maximum absolute atomic E-state index is 13.6. The maximum Gasteiger partial charge on any atom is 0.337 e. The molecule has 0 amide bonds. The molecule has 1 saturated carbocycles. The predicted molar refractivity (Wildman–Crippen MR) is 76.8 cm³/mol. The Bertz CT molecular complexity index is 660. The number of carbonyl (C=O) groups excluding carboxylic acids is 1. The van der Waals surface area contributed by atoms with E-state index < -0.39 is 11.8 Å². The van der Waals surface area contributed by atoms with Crippen molar-refractivity contribution in [3.63, 3.8) is 0 Å². The Morgan fingerprint density at radius 2 is 1.81 bits per heavy atom. The summed E-state index contributed by atoms with van der Waals surface area (Å²) in [6.07, 6.45) is 2.55. The van der Waals surface area contributed by atoms with Crippen molar-refractivity contribution in [2.75, 3.05) is 7.11 Å². The minimum atomic E-state index is -0.551. The summed E-state index contributed by atoms with van der Waals surface area (Å²) in [5, 5.41) is 0. The van der Waals surface area contributed by atoms with Crippen LogP contribution in [-0.2, 0) is 4.74 Å². The first-order valence-corrected chi connectivity index (χ1v) is 6.82. The molecule has 0 saturated heterocycles. The van der Waals surface area contributed by atoms with Crippen LogP contribution in [0.1, 0.15) is 23.2 Å². The Kier molecular flexibility index (Phi) is 3.60. The topological polar surface area (TPSA) is 35.5 Å². The molecule has 3 nitrogen and oxygen atoms in total. The SMILES string of the molecule is COC(=O)c1cc(F)cc(-c2ccc(OC3CC3)cc2)c1. The van der Waals surface area contributed by atoms with Crippen LogP contribution in [0.5, 0.6) is 5.75 Å². The van der Waals surface area contributed by atoms with Crippen LogP contribution in [-0.4, -0.2) is 19.2 Å². The molecular formula is C17H15FO3. The van der Waals surface area contributed by atoms with Gasteiger partial charge in [-0.2, -0.15) is 0 Å². The smallest absolute Gasteiger partial charge is 0.337 e. The molecule has 0 spiro atoms. The lowest BCUT2D eigenvalue weighted by Crippen LogP contribution is -2.02. The zero-order chi connectivity index (χ0) is 14.8. The molecule has 4 heteroatoms. The number of carbonyl (C=O) groups is 1. The third-order valence-electron chi connectivity index (χ3n) is 3.33. The van der Waals surface area contributed by atoms with Crippen LogP contribution in [0.4, 0.5) is 4.39 Å². The van der Waals surface area contributed by atoms with Crippen LogP contribution in [0, 0.1) is 5.82 Å². The lowest BCUT2D eigenvalue weighted by Gasteiger charge is -2.08. The molecule has 0 atom stereocenters. The van der Waals surface area contributed by atoms with Gasteiger partial charge in [-0.25, -0.2) is 9.18 Å². The fourth-order valence-corrected chi connectivity index (χ4v) is 2.10. The van der Waals surface area contributed by atoms with Gasteiger partial charge >= 0.3 is 5.97 Å². The molecule has 108 valence electrons. The van der Waals surface area contributed by atoms with E-state index in [4.69, 9.17) is 4.74 Å². The second-order valence-corrected chi connectivity index (χ2v) is 5.06. The van der Waals surface area contributed by atoms with Gasteiger partial charge in [0, 0.05) is 0 Å². The van der Waals surface area contributed by atoms with Gasteiger partial charge in [0.15, 0.2) is 0 Å². The standard InChI is InChI=1S/C17H15FO3/c1-20-17(19)13-8-12(9-14(18)10-13)11-2-4-15(5-3-11)21-16-6-7-16/h2-5,8-10,16H,6-7H2,1H3. The Balaban J connectivity index is 1.88. The highest BCUT2D eigenvalue weighted by Gasteiger charge is 2.23. The fourth-order valence-electron chi connectivity index (χ4n) is 2.10. The van der Waals surface area contributed by atoms with Crippen LogP contribution in [0.3, 0.4) is 0 Å². The van der Waals surface area contributed by atoms with E-state index in [-0.39, 0.29) is 5.56 Å². The number of methoxy groups -OCH3 is 1. The second kappa shape index (κ2) is 5.56. The minimum Gasteiger partial charge on any atom is -0.490 e. The molecular weight excluding hydrogens is 271 g/mol. The van der Waals surface area contributed by atoms with Crippen molar-refractivity contribution in [2.45, 2.75) is 18.9 Å². The van der Waals surface area contributed by atoms with E-state index in [0.29, 0.717) is 11.7 Å². The maximum atomic E-state index is 13.6. The van der Waals surface area contributed by atoms with E-state index in [1.165, 1.54) is 19.2 Å². The van der Waals surface area contributed by atoms with Gasteiger partial charge < -0.3 is 9.47 Å².